The number of carbonyl (C=O) groups is 2. The lowest BCUT2D eigenvalue weighted by Gasteiger charge is -2.12. The highest BCUT2D eigenvalue weighted by molar-refractivity contribution is 7.09. The van der Waals surface area contributed by atoms with Crippen molar-refractivity contribution in [2.45, 2.75) is 6.54 Å². The van der Waals surface area contributed by atoms with Crippen LogP contribution in [-0.4, -0.2) is 32.7 Å². The minimum absolute atomic E-state index is 0.206. The number of ether oxygens (including phenoxy) is 3. The van der Waals surface area contributed by atoms with Gasteiger partial charge in [-0.2, -0.15) is 0 Å². The van der Waals surface area contributed by atoms with Gasteiger partial charge in [0.15, 0.2) is 18.1 Å². The predicted octanol–water partition coefficient (Wildman–Crippen LogP) is 2.24. The molecular formula is C16H17NO5S. The maximum Gasteiger partial charge on any atom is 0.342 e. The molecule has 1 heterocycles. The molecule has 6 nitrogen and oxygen atoms in total. The van der Waals surface area contributed by atoms with Crippen LogP contribution in [-0.2, 0) is 16.1 Å². The molecule has 7 heteroatoms. The van der Waals surface area contributed by atoms with E-state index in [1.54, 1.807) is 29.5 Å². The Morgan fingerprint density at radius 1 is 1.13 bits per heavy atom. The lowest BCUT2D eigenvalue weighted by molar-refractivity contribution is -0.124. The molecule has 0 bridgehead atoms. The third-order valence-electron chi connectivity index (χ3n) is 3.00. The standard InChI is InChI=1S/C16H17NO5S/c1-20-13-7-3-6-12(15(13)21-2)16(19)22-10-14(18)17-9-11-5-4-8-23-11/h3-8H,9-10H2,1-2H3,(H,17,18). The maximum atomic E-state index is 12.1. The molecule has 122 valence electrons. The van der Waals surface area contributed by atoms with Gasteiger partial charge in [0, 0.05) is 4.88 Å². The van der Waals surface area contributed by atoms with Crippen molar-refractivity contribution in [3.8, 4) is 11.5 Å². The van der Waals surface area contributed by atoms with Crippen molar-refractivity contribution in [2.75, 3.05) is 20.8 Å². The molecule has 0 saturated carbocycles. The fraction of sp³-hybridized carbons (Fsp3) is 0.250. The Morgan fingerprint density at radius 2 is 1.96 bits per heavy atom. The topological polar surface area (TPSA) is 73.9 Å². The van der Waals surface area contributed by atoms with Crippen molar-refractivity contribution >= 4 is 23.2 Å². The van der Waals surface area contributed by atoms with Gasteiger partial charge in [0.05, 0.1) is 20.8 Å². The molecule has 0 aliphatic rings. The zero-order valence-electron chi connectivity index (χ0n) is 12.8. The normalized spacial score (nSPS) is 10.0. The van der Waals surface area contributed by atoms with Crippen molar-refractivity contribution in [3.05, 3.63) is 46.2 Å². The summed E-state index contributed by atoms with van der Waals surface area (Å²) >= 11 is 1.54. The quantitative estimate of drug-likeness (QED) is 0.786. The van der Waals surface area contributed by atoms with Crippen molar-refractivity contribution in [1.29, 1.82) is 0 Å². The molecule has 0 aliphatic carbocycles. The van der Waals surface area contributed by atoms with Gasteiger partial charge in [-0.05, 0) is 23.6 Å². The summed E-state index contributed by atoms with van der Waals surface area (Å²) < 4.78 is 15.3. The first-order chi connectivity index (χ1) is 11.2. The fourth-order valence-electron chi connectivity index (χ4n) is 1.91. The molecule has 2 rings (SSSR count). The molecule has 0 radical (unpaired) electrons. The molecule has 0 fully saturated rings. The summed E-state index contributed by atoms with van der Waals surface area (Å²) in [6, 6.07) is 8.69. The summed E-state index contributed by atoms with van der Waals surface area (Å²) in [4.78, 5) is 24.8. The van der Waals surface area contributed by atoms with E-state index in [2.05, 4.69) is 5.32 Å². The van der Waals surface area contributed by atoms with E-state index in [1.807, 2.05) is 17.5 Å². The van der Waals surface area contributed by atoms with Crippen LogP contribution in [0.3, 0.4) is 0 Å². The Labute approximate surface area is 138 Å². The third kappa shape index (κ3) is 4.46. The second kappa shape index (κ2) is 8.19. The smallest absolute Gasteiger partial charge is 0.342 e. The second-order valence-corrected chi connectivity index (χ2v) is 5.51. The van der Waals surface area contributed by atoms with Crippen LogP contribution in [0.15, 0.2) is 35.7 Å². The zero-order chi connectivity index (χ0) is 16.7. The summed E-state index contributed by atoms with van der Waals surface area (Å²) in [6.45, 7) is 0.0567. The molecule has 0 atom stereocenters. The molecule has 23 heavy (non-hydrogen) atoms. The van der Waals surface area contributed by atoms with Crippen LogP contribution in [0, 0.1) is 0 Å². The van der Waals surface area contributed by atoms with Gasteiger partial charge >= 0.3 is 5.97 Å². The summed E-state index contributed by atoms with van der Waals surface area (Å²) in [6.07, 6.45) is 0. The van der Waals surface area contributed by atoms with Gasteiger partial charge in [0.1, 0.15) is 5.56 Å². The third-order valence-corrected chi connectivity index (χ3v) is 3.87. The summed E-state index contributed by atoms with van der Waals surface area (Å²) in [5, 5.41) is 4.61. The van der Waals surface area contributed by atoms with Crippen molar-refractivity contribution in [2.24, 2.45) is 0 Å². The van der Waals surface area contributed by atoms with Gasteiger partial charge in [-0.1, -0.05) is 12.1 Å². The molecule has 1 aromatic heterocycles. The summed E-state index contributed by atoms with van der Waals surface area (Å²) in [5.74, 6) is -0.316. The molecule has 0 spiro atoms. The first-order valence-electron chi connectivity index (χ1n) is 6.83. The number of methoxy groups -OCH3 is 2. The molecule has 1 N–H and O–H groups in total. The average molecular weight is 335 g/mol. The Bertz CT molecular complexity index is 669. The minimum Gasteiger partial charge on any atom is -0.493 e. The van der Waals surface area contributed by atoms with E-state index in [0.717, 1.165) is 4.88 Å². The SMILES string of the molecule is COc1cccc(C(=O)OCC(=O)NCc2cccs2)c1OC. The van der Waals surface area contributed by atoms with Crippen LogP contribution in [0.2, 0.25) is 0 Å². The Hall–Kier alpha value is -2.54. The molecule has 0 aliphatic heterocycles. The maximum absolute atomic E-state index is 12.1. The second-order valence-electron chi connectivity index (χ2n) is 4.47. The molecular weight excluding hydrogens is 318 g/mol. The van der Waals surface area contributed by atoms with E-state index in [-0.39, 0.29) is 23.8 Å². The van der Waals surface area contributed by atoms with E-state index in [4.69, 9.17) is 14.2 Å². The van der Waals surface area contributed by atoms with Crippen LogP contribution in [0.5, 0.6) is 11.5 Å². The number of esters is 1. The number of rotatable bonds is 7. The van der Waals surface area contributed by atoms with E-state index in [1.165, 1.54) is 14.2 Å². The summed E-state index contributed by atoms with van der Waals surface area (Å²) in [5.41, 5.74) is 0.206. The minimum atomic E-state index is -0.646. The first kappa shape index (κ1) is 16.8. The van der Waals surface area contributed by atoms with Gasteiger partial charge < -0.3 is 19.5 Å². The van der Waals surface area contributed by atoms with Gasteiger partial charge in [-0.15, -0.1) is 11.3 Å². The lowest BCUT2D eigenvalue weighted by atomic mass is 10.2. The van der Waals surface area contributed by atoms with Crippen molar-refractivity contribution in [3.63, 3.8) is 0 Å². The van der Waals surface area contributed by atoms with Crippen molar-refractivity contribution < 1.29 is 23.8 Å². The number of para-hydroxylation sites is 1. The number of benzene rings is 1. The monoisotopic (exact) mass is 335 g/mol. The van der Waals surface area contributed by atoms with Crippen molar-refractivity contribution in [1.82, 2.24) is 5.32 Å². The first-order valence-corrected chi connectivity index (χ1v) is 7.71. The fourth-order valence-corrected chi connectivity index (χ4v) is 2.55. The van der Waals surface area contributed by atoms with Gasteiger partial charge in [-0.3, -0.25) is 4.79 Å². The Balaban J connectivity index is 1.90. The van der Waals surface area contributed by atoms with Crippen LogP contribution < -0.4 is 14.8 Å². The number of hydrogen-bond donors (Lipinski definition) is 1. The molecule has 1 amide bonds. The largest absolute Gasteiger partial charge is 0.493 e. The van der Waals surface area contributed by atoms with E-state index in [9.17, 15) is 9.59 Å². The molecule has 0 unspecified atom stereocenters. The van der Waals surface area contributed by atoms with Crippen LogP contribution in [0.1, 0.15) is 15.2 Å². The van der Waals surface area contributed by atoms with E-state index in [0.29, 0.717) is 12.3 Å². The molecule has 0 saturated heterocycles. The lowest BCUT2D eigenvalue weighted by Crippen LogP contribution is -2.28. The van der Waals surface area contributed by atoms with E-state index >= 15 is 0 Å². The number of nitrogens with one attached hydrogen (secondary N) is 1. The number of carbonyl (C=O) groups excluding carboxylic acids is 2. The van der Waals surface area contributed by atoms with Crippen LogP contribution in [0.25, 0.3) is 0 Å². The molecule has 2 aromatic rings. The highest BCUT2D eigenvalue weighted by Gasteiger charge is 2.18. The average Bonchev–Trinajstić information content (AvgIpc) is 3.10. The molecule has 1 aromatic carbocycles. The zero-order valence-corrected chi connectivity index (χ0v) is 13.6. The highest BCUT2D eigenvalue weighted by Crippen LogP contribution is 2.30. The number of thiophene rings is 1. The van der Waals surface area contributed by atoms with Gasteiger partial charge in [0.25, 0.3) is 5.91 Å². The van der Waals surface area contributed by atoms with E-state index < -0.39 is 5.97 Å². The highest BCUT2D eigenvalue weighted by atomic mass is 32.1. The Kier molecular flexibility index (Phi) is 5.99. The van der Waals surface area contributed by atoms with Crippen LogP contribution in [0.4, 0.5) is 0 Å². The predicted molar refractivity (Wildman–Crippen MR) is 86.0 cm³/mol. The number of hydrogen-bond acceptors (Lipinski definition) is 6. The van der Waals surface area contributed by atoms with Gasteiger partial charge in [0.2, 0.25) is 0 Å². The van der Waals surface area contributed by atoms with Crippen LogP contribution >= 0.6 is 11.3 Å². The Morgan fingerprint density at radius 3 is 2.61 bits per heavy atom. The number of amides is 1. The van der Waals surface area contributed by atoms with Gasteiger partial charge in [-0.25, -0.2) is 4.79 Å². The summed E-state index contributed by atoms with van der Waals surface area (Å²) in [7, 11) is 2.91.